The number of fused-ring (bicyclic) bond motifs is 1. The zero-order valence-electron chi connectivity index (χ0n) is 10.9. The number of rotatable bonds is 1. The number of hydrogen-bond acceptors (Lipinski definition) is 2. The van der Waals surface area contributed by atoms with E-state index in [1.54, 1.807) is 12.1 Å². The minimum atomic E-state index is -0.250. The highest BCUT2D eigenvalue weighted by Crippen LogP contribution is 2.29. The van der Waals surface area contributed by atoms with Gasteiger partial charge in [0.25, 0.3) is 5.91 Å². The highest BCUT2D eigenvalue weighted by Gasteiger charge is 2.23. The zero-order chi connectivity index (χ0) is 13.4. The largest absolute Gasteiger partial charge is 0.338 e. The van der Waals surface area contributed by atoms with Crippen LogP contribution in [0.5, 0.6) is 0 Å². The molecule has 2 heterocycles. The summed E-state index contributed by atoms with van der Waals surface area (Å²) >= 11 is 1.38. The van der Waals surface area contributed by atoms with Crippen molar-refractivity contribution in [1.29, 1.82) is 0 Å². The lowest BCUT2D eigenvalue weighted by Gasteiger charge is -2.30. The van der Waals surface area contributed by atoms with Gasteiger partial charge in [-0.15, -0.1) is 11.3 Å². The molecule has 0 radical (unpaired) electrons. The number of amides is 1. The van der Waals surface area contributed by atoms with Crippen LogP contribution < -0.4 is 0 Å². The molecule has 100 valence electrons. The Balaban J connectivity index is 1.91. The Bertz CT molecular complexity index is 622. The molecule has 2 aromatic rings. The second-order valence-corrected chi connectivity index (χ2v) is 6.34. The Kier molecular flexibility index (Phi) is 3.27. The van der Waals surface area contributed by atoms with Crippen LogP contribution in [-0.2, 0) is 0 Å². The van der Waals surface area contributed by atoms with E-state index in [-0.39, 0.29) is 11.7 Å². The molecular weight excluding hydrogens is 261 g/mol. The maximum atomic E-state index is 13.6. The Morgan fingerprint density at radius 3 is 3.05 bits per heavy atom. The van der Waals surface area contributed by atoms with E-state index in [4.69, 9.17) is 0 Å². The van der Waals surface area contributed by atoms with Gasteiger partial charge in [0, 0.05) is 23.2 Å². The number of likely N-dealkylation sites (tertiary alicyclic amines) is 1. The Morgan fingerprint density at radius 1 is 1.47 bits per heavy atom. The average Bonchev–Trinajstić information content (AvgIpc) is 2.83. The first-order valence-corrected chi connectivity index (χ1v) is 7.44. The standard InChI is InChI=1S/C15H16FNOS/c1-10-4-3-7-17(9-10)15(18)14-8-11-12(16)5-2-6-13(11)19-14/h2,5-6,8,10H,3-4,7,9H2,1H3/t10-/m1/s1. The van der Waals surface area contributed by atoms with Gasteiger partial charge >= 0.3 is 0 Å². The first-order chi connectivity index (χ1) is 9.15. The van der Waals surface area contributed by atoms with Crippen LogP contribution in [0.2, 0.25) is 0 Å². The van der Waals surface area contributed by atoms with Crippen LogP contribution in [0.15, 0.2) is 24.3 Å². The lowest BCUT2D eigenvalue weighted by atomic mass is 10.0. The van der Waals surface area contributed by atoms with Crippen LogP contribution in [-0.4, -0.2) is 23.9 Å². The average molecular weight is 277 g/mol. The molecule has 1 saturated heterocycles. The molecule has 2 nitrogen and oxygen atoms in total. The van der Waals surface area contributed by atoms with Crippen molar-refractivity contribution in [3.05, 3.63) is 35.0 Å². The Hall–Kier alpha value is -1.42. The van der Waals surface area contributed by atoms with E-state index in [0.29, 0.717) is 16.2 Å². The number of nitrogens with zero attached hydrogens (tertiary/aromatic N) is 1. The molecule has 4 heteroatoms. The summed E-state index contributed by atoms with van der Waals surface area (Å²) in [5.41, 5.74) is 0. The molecule has 1 aliphatic heterocycles. The van der Waals surface area contributed by atoms with Crippen LogP contribution in [0.1, 0.15) is 29.4 Å². The SMILES string of the molecule is C[C@@H]1CCCN(C(=O)c2cc3c(F)cccc3s2)C1. The third-order valence-corrected chi connectivity index (χ3v) is 4.75. The molecule has 19 heavy (non-hydrogen) atoms. The van der Waals surface area contributed by atoms with Gasteiger partial charge in [-0.25, -0.2) is 4.39 Å². The molecule has 0 saturated carbocycles. The van der Waals surface area contributed by atoms with E-state index in [0.717, 1.165) is 24.2 Å². The smallest absolute Gasteiger partial charge is 0.263 e. The number of carbonyl (C=O) groups excluding carboxylic acids is 1. The first kappa shape index (κ1) is 12.6. The van der Waals surface area contributed by atoms with E-state index >= 15 is 0 Å². The molecule has 0 spiro atoms. The number of thiophene rings is 1. The van der Waals surface area contributed by atoms with Gasteiger partial charge in [0.05, 0.1) is 4.88 Å². The van der Waals surface area contributed by atoms with Gasteiger partial charge < -0.3 is 4.90 Å². The molecule has 1 atom stereocenters. The maximum absolute atomic E-state index is 13.6. The Labute approximate surface area is 115 Å². The van der Waals surface area contributed by atoms with Crippen molar-refractivity contribution in [2.24, 2.45) is 5.92 Å². The normalized spacial score (nSPS) is 19.9. The lowest BCUT2D eigenvalue weighted by molar-refractivity contribution is 0.0688. The molecule has 0 unspecified atom stereocenters. The van der Waals surface area contributed by atoms with Crippen molar-refractivity contribution >= 4 is 27.3 Å². The van der Waals surface area contributed by atoms with E-state index in [2.05, 4.69) is 6.92 Å². The molecule has 3 rings (SSSR count). The summed E-state index contributed by atoms with van der Waals surface area (Å²) in [6, 6.07) is 6.67. The van der Waals surface area contributed by atoms with Gasteiger partial charge in [-0.05, 0) is 37.0 Å². The number of halogens is 1. The number of carbonyl (C=O) groups is 1. The Morgan fingerprint density at radius 2 is 2.32 bits per heavy atom. The minimum Gasteiger partial charge on any atom is -0.338 e. The van der Waals surface area contributed by atoms with E-state index in [1.807, 2.05) is 11.0 Å². The second-order valence-electron chi connectivity index (χ2n) is 5.26. The van der Waals surface area contributed by atoms with Gasteiger partial charge in [-0.3, -0.25) is 4.79 Å². The van der Waals surface area contributed by atoms with Crippen molar-refractivity contribution in [3.63, 3.8) is 0 Å². The molecule has 0 aliphatic carbocycles. The van der Waals surface area contributed by atoms with Gasteiger partial charge in [0.2, 0.25) is 0 Å². The van der Waals surface area contributed by atoms with E-state index in [1.165, 1.54) is 23.8 Å². The van der Waals surface area contributed by atoms with Crippen molar-refractivity contribution < 1.29 is 9.18 Å². The molecule has 1 fully saturated rings. The summed E-state index contributed by atoms with van der Waals surface area (Å²) in [5, 5.41) is 0.556. The number of benzene rings is 1. The van der Waals surface area contributed by atoms with Crippen molar-refractivity contribution in [3.8, 4) is 0 Å². The highest BCUT2D eigenvalue weighted by atomic mass is 32.1. The summed E-state index contributed by atoms with van der Waals surface area (Å²) in [6.45, 7) is 3.81. The van der Waals surface area contributed by atoms with E-state index in [9.17, 15) is 9.18 Å². The van der Waals surface area contributed by atoms with Gasteiger partial charge in [-0.1, -0.05) is 13.0 Å². The first-order valence-electron chi connectivity index (χ1n) is 6.62. The van der Waals surface area contributed by atoms with Crippen LogP contribution in [0.4, 0.5) is 4.39 Å². The van der Waals surface area contributed by atoms with Gasteiger partial charge in [-0.2, -0.15) is 0 Å². The monoisotopic (exact) mass is 277 g/mol. The van der Waals surface area contributed by atoms with Crippen LogP contribution in [0.3, 0.4) is 0 Å². The summed E-state index contributed by atoms with van der Waals surface area (Å²) in [5.74, 6) is 0.357. The molecule has 1 amide bonds. The summed E-state index contributed by atoms with van der Waals surface area (Å²) in [4.78, 5) is 15.0. The minimum absolute atomic E-state index is 0.0483. The highest BCUT2D eigenvalue weighted by molar-refractivity contribution is 7.20. The fourth-order valence-corrected chi connectivity index (χ4v) is 3.70. The zero-order valence-corrected chi connectivity index (χ0v) is 11.7. The number of piperidine rings is 1. The predicted octanol–water partition coefficient (Wildman–Crippen LogP) is 3.91. The maximum Gasteiger partial charge on any atom is 0.263 e. The molecular formula is C15H16FNOS. The second kappa shape index (κ2) is 4.93. The van der Waals surface area contributed by atoms with Crippen LogP contribution in [0, 0.1) is 11.7 Å². The molecule has 0 N–H and O–H groups in total. The number of hydrogen-bond donors (Lipinski definition) is 0. The quantitative estimate of drug-likeness (QED) is 0.774. The topological polar surface area (TPSA) is 20.3 Å². The third kappa shape index (κ3) is 2.37. The van der Waals surface area contributed by atoms with Crippen molar-refractivity contribution in [2.75, 3.05) is 13.1 Å². The molecule has 0 bridgehead atoms. The summed E-state index contributed by atoms with van der Waals surface area (Å²) in [7, 11) is 0. The fourth-order valence-electron chi connectivity index (χ4n) is 2.66. The third-order valence-electron chi connectivity index (χ3n) is 3.66. The predicted molar refractivity (Wildman–Crippen MR) is 76.1 cm³/mol. The fraction of sp³-hybridized carbons (Fsp3) is 0.400. The van der Waals surface area contributed by atoms with Gasteiger partial charge in [0.15, 0.2) is 0 Å². The summed E-state index contributed by atoms with van der Waals surface area (Å²) in [6.07, 6.45) is 2.25. The van der Waals surface area contributed by atoms with Crippen molar-refractivity contribution in [1.82, 2.24) is 4.90 Å². The van der Waals surface area contributed by atoms with Gasteiger partial charge in [0.1, 0.15) is 5.82 Å². The lowest BCUT2D eigenvalue weighted by Crippen LogP contribution is -2.38. The molecule has 1 aromatic heterocycles. The van der Waals surface area contributed by atoms with Crippen LogP contribution >= 0.6 is 11.3 Å². The van der Waals surface area contributed by atoms with Crippen molar-refractivity contribution in [2.45, 2.75) is 19.8 Å². The molecule has 1 aliphatic rings. The van der Waals surface area contributed by atoms with Crippen LogP contribution in [0.25, 0.3) is 10.1 Å². The molecule has 1 aromatic carbocycles. The van der Waals surface area contributed by atoms with E-state index < -0.39 is 0 Å². The summed E-state index contributed by atoms with van der Waals surface area (Å²) < 4.78 is 14.5.